The van der Waals surface area contributed by atoms with Gasteiger partial charge in [-0.15, -0.1) is 0 Å². The lowest BCUT2D eigenvalue weighted by atomic mass is 10.2. The monoisotopic (exact) mass is 381 g/mol. The minimum Gasteiger partial charge on any atom is -0.378 e. The molecule has 9 heteroatoms. The second-order valence-electron chi connectivity index (χ2n) is 5.79. The van der Waals surface area contributed by atoms with Gasteiger partial charge in [0.1, 0.15) is 5.30 Å². The normalized spacial score (nSPS) is 11.6. The predicted octanol–water partition coefficient (Wildman–Crippen LogP) is 1.49. The summed E-state index contributed by atoms with van der Waals surface area (Å²) in [6.07, 6.45) is 1.22. The molecule has 142 valence electrons. The Bertz CT molecular complexity index is 921. The minimum absolute atomic E-state index is 0.108. The van der Waals surface area contributed by atoms with Crippen molar-refractivity contribution >= 4 is 18.6 Å². The molecule has 2 aromatic rings. The molecular weight excluding hydrogens is 357 g/mol. The van der Waals surface area contributed by atoms with Crippen LogP contribution in [0.15, 0.2) is 40.1 Å². The van der Waals surface area contributed by atoms with Gasteiger partial charge in [-0.3, -0.25) is 9.36 Å². The van der Waals surface area contributed by atoms with Crippen LogP contribution in [0.25, 0.3) is 5.69 Å². The second-order valence-corrected chi connectivity index (χ2v) is 7.79. The van der Waals surface area contributed by atoms with Crippen LogP contribution in [0.1, 0.15) is 13.8 Å². The zero-order valence-corrected chi connectivity index (χ0v) is 16.5. The number of aromatic nitrogens is 2. The van der Waals surface area contributed by atoms with Crippen LogP contribution in [0.2, 0.25) is 0 Å². The third-order valence-electron chi connectivity index (χ3n) is 3.75. The lowest BCUT2D eigenvalue weighted by molar-refractivity contribution is 0.229. The number of anilines is 1. The van der Waals surface area contributed by atoms with Gasteiger partial charge in [-0.05, 0) is 38.1 Å². The number of aryl methyl sites for hydroxylation is 1. The first-order chi connectivity index (χ1) is 12.2. The molecule has 0 amide bonds. The van der Waals surface area contributed by atoms with Crippen molar-refractivity contribution in [2.75, 3.05) is 32.2 Å². The maximum Gasteiger partial charge on any atom is 0.368 e. The number of hydrogen-bond donors (Lipinski definition) is 0. The molecule has 2 rings (SSSR count). The highest BCUT2D eigenvalue weighted by Gasteiger charge is 2.32. The Labute approximate surface area is 152 Å². The molecule has 0 aliphatic rings. The van der Waals surface area contributed by atoms with Gasteiger partial charge < -0.3 is 18.5 Å². The Balaban J connectivity index is 2.72. The number of hydrogen-bond acceptors (Lipinski definition) is 6. The zero-order chi connectivity index (χ0) is 19.5. The fraction of sp³-hybridized carbons (Fsp3) is 0.412. The maximum absolute atomic E-state index is 13.0. The molecular formula is C17H24N3O5P. The van der Waals surface area contributed by atoms with Crippen LogP contribution in [-0.2, 0) is 20.7 Å². The lowest BCUT2D eigenvalue weighted by Gasteiger charge is -2.18. The van der Waals surface area contributed by atoms with Gasteiger partial charge in [0.15, 0.2) is 0 Å². The molecule has 0 fully saturated rings. The first-order valence-electron chi connectivity index (χ1n) is 8.25. The van der Waals surface area contributed by atoms with E-state index in [1.807, 2.05) is 19.0 Å². The van der Waals surface area contributed by atoms with Crippen molar-refractivity contribution in [1.29, 1.82) is 0 Å². The molecule has 0 radical (unpaired) electrons. The van der Waals surface area contributed by atoms with Crippen LogP contribution >= 0.6 is 7.60 Å². The highest BCUT2D eigenvalue weighted by atomic mass is 31.2. The zero-order valence-electron chi connectivity index (χ0n) is 15.6. The molecule has 0 aliphatic heterocycles. The van der Waals surface area contributed by atoms with E-state index in [0.29, 0.717) is 5.69 Å². The van der Waals surface area contributed by atoms with Gasteiger partial charge in [-0.1, -0.05) is 0 Å². The quantitative estimate of drug-likeness (QED) is 0.676. The average molecular weight is 381 g/mol. The molecule has 0 saturated heterocycles. The van der Waals surface area contributed by atoms with Gasteiger partial charge in [0.2, 0.25) is 0 Å². The summed E-state index contributed by atoms with van der Waals surface area (Å²) in [5.74, 6) is 0. The highest BCUT2D eigenvalue weighted by molar-refractivity contribution is 7.62. The van der Waals surface area contributed by atoms with Crippen LogP contribution in [0.3, 0.4) is 0 Å². The third-order valence-corrected chi connectivity index (χ3v) is 5.84. The summed E-state index contributed by atoms with van der Waals surface area (Å²) in [6.45, 7) is 3.53. The summed E-state index contributed by atoms with van der Waals surface area (Å²) in [4.78, 5) is 27.4. The molecule has 0 saturated carbocycles. The number of benzene rings is 1. The SMILES string of the molecule is CCOP(=O)(OCC)c1cn(C)c(=O)n(-c2ccc(N(C)C)cc2)c1=O. The smallest absolute Gasteiger partial charge is 0.368 e. The first-order valence-corrected chi connectivity index (χ1v) is 9.79. The number of nitrogens with zero attached hydrogens (tertiary/aromatic N) is 3. The van der Waals surface area contributed by atoms with E-state index in [4.69, 9.17) is 9.05 Å². The van der Waals surface area contributed by atoms with E-state index in [1.165, 1.54) is 17.8 Å². The third kappa shape index (κ3) is 3.82. The van der Waals surface area contributed by atoms with Gasteiger partial charge in [0.05, 0.1) is 18.9 Å². The molecule has 8 nitrogen and oxygen atoms in total. The van der Waals surface area contributed by atoms with E-state index < -0.39 is 18.8 Å². The molecule has 0 unspecified atom stereocenters. The van der Waals surface area contributed by atoms with Crippen LogP contribution in [-0.4, -0.2) is 36.4 Å². The molecule has 26 heavy (non-hydrogen) atoms. The Morgan fingerprint density at radius 1 is 1.04 bits per heavy atom. The van der Waals surface area contributed by atoms with Gasteiger partial charge in [0, 0.05) is 33.0 Å². The average Bonchev–Trinajstić information content (AvgIpc) is 2.59. The van der Waals surface area contributed by atoms with Gasteiger partial charge in [-0.2, -0.15) is 0 Å². The fourth-order valence-electron chi connectivity index (χ4n) is 2.48. The summed E-state index contributed by atoms with van der Waals surface area (Å²) in [5.41, 5.74) is 0.0403. The molecule has 1 heterocycles. The Morgan fingerprint density at radius 3 is 2.04 bits per heavy atom. The minimum atomic E-state index is -3.83. The molecule has 0 aliphatic carbocycles. The summed E-state index contributed by atoms with van der Waals surface area (Å²) in [5, 5.41) is -0.167. The molecule has 0 atom stereocenters. The Kier molecular flexibility index (Phi) is 6.23. The van der Waals surface area contributed by atoms with Crippen molar-refractivity contribution in [3.05, 3.63) is 51.3 Å². The van der Waals surface area contributed by atoms with E-state index in [9.17, 15) is 14.2 Å². The molecule has 1 aromatic heterocycles. The van der Waals surface area contributed by atoms with Crippen molar-refractivity contribution in [3.63, 3.8) is 0 Å². The lowest BCUT2D eigenvalue weighted by Crippen LogP contribution is -2.45. The molecule has 0 N–H and O–H groups in total. The fourth-order valence-corrected chi connectivity index (χ4v) is 4.17. The predicted molar refractivity (Wildman–Crippen MR) is 102 cm³/mol. The van der Waals surface area contributed by atoms with Crippen molar-refractivity contribution in [2.24, 2.45) is 7.05 Å². The van der Waals surface area contributed by atoms with Gasteiger partial charge in [0.25, 0.3) is 5.56 Å². The topological polar surface area (TPSA) is 82.8 Å². The molecule has 0 bridgehead atoms. The summed E-state index contributed by atoms with van der Waals surface area (Å²) in [6, 6.07) is 6.90. The van der Waals surface area contributed by atoms with Crippen molar-refractivity contribution < 1.29 is 13.6 Å². The summed E-state index contributed by atoms with van der Waals surface area (Å²) >= 11 is 0. The second kappa shape index (κ2) is 8.03. The van der Waals surface area contributed by atoms with Crippen LogP contribution in [0.4, 0.5) is 5.69 Å². The van der Waals surface area contributed by atoms with E-state index in [1.54, 1.807) is 38.1 Å². The van der Waals surface area contributed by atoms with Crippen LogP contribution in [0.5, 0.6) is 0 Å². The van der Waals surface area contributed by atoms with E-state index in [2.05, 4.69) is 0 Å². The van der Waals surface area contributed by atoms with Crippen LogP contribution in [0, 0.1) is 0 Å². The van der Waals surface area contributed by atoms with Crippen LogP contribution < -0.4 is 21.5 Å². The van der Waals surface area contributed by atoms with E-state index >= 15 is 0 Å². The molecule has 1 aromatic carbocycles. The summed E-state index contributed by atoms with van der Waals surface area (Å²) < 4.78 is 25.8. The van der Waals surface area contributed by atoms with E-state index in [0.717, 1.165) is 10.3 Å². The van der Waals surface area contributed by atoms with E-state index in [-0.39, 0.29) is 18.5 Å². The Morgan fingerprint density at radius 2 is 1.58 bits per heavy atom. The largest absolute Gasteiger partial charge is 0.378 e. The first kappa shape index (κ1) is 20.2. The van der Waals surface area contributed by atoms with Gasteiger partial charge in [-0.25, -0.2) is 9.36 Å². The van der Waals surface area contributed by atoms with Crippen molar-refractivity contribution in [1.82, 2.24) is 9.13 Å². The number of rotatable bonds is 7. The van der Waals surface area contributed by atoms with Gasteiger partial charge >= 0.3 is 13.3 Å². The van der Waals surface area contributed by atoms with Crippen molar-refractivity contribution in [3.8, 4) is 5.69 Å². The summed E-state index contributed by atoms with van der Waals surface area (Å²) in [7, 11) is 1.43. The maximum atomic E-state index is 13.0. The van der Waals surface area contributed by atoms with Crippen molar-refractivity contribution in [2.45, 2.75) is 13.8 Å². The standard InChI is InChI=1S/C17H24N3O5P/c1-6-24-26(23,25-7-2)15-12-19(5)17(22)20(16(15)21)14-10-8-13(9-11-14)18(3)4/h8-12H,6-7H2,1-5H3. The highest BCUT2D eigenvalue weighted by Crippen LogP contribution is 2.45. The Hall–Kier alpha value is -2.15. The molecule has 0 spiro atoms.